The second-order valence-electron chi connectivity index (χ2n) is 7.70. The molecule has 0 spiro atoms. The third-order valence-electron chi connectivity index (χ3n) is 5.82. The highest BCUT2D eigenvalue weighted by molar-refractivity contribution is 6.20. The van der Waals surface area contributed by atoms with E-state index in [0.717, 1.165) is 24.2 Å². The van der Waals surface area contributed by atoms with Gasteiger partial charge in [-0.25, -0.2) is 0 Å². The summed E-state index contributed by atoms with van der Waals surface area (Å²) >= 11 is 6.11. The van der Waals surface area contributed by atoms with E-state index in [0.29, 0.717) is 5.38 Å². The maximum Gasteiger partial charge on any atom is 0.303 e. The third-order valence-corrected chi connectivity index (χ3v) is 6.22. The second kappa shape index (κ2) is 12.6. The molecule has 2 fully saturated rings. The van der Waals surface area contributed by atoms with Gasteiger partial charge in [-0.3, -0.25) is 4.79 Å². The van der Waals surface area contributed by atoms with Crippen molar-refractivity contribution in [2.45, 2.75) is 96.3 Å². The average Bonchev–Trinajstić information content (AvgIpc) is 2.96. The summed E-state index contributed by atoms with van der Waals surface area (Å²) in [6.45, 7) is 4.29. The lowest BCUT2D eigenvalue weighted by atomic mass is 9.64. The van der Waals surface area contributed by atoms with E-state index in [2.05, 4.69) is 19.1 Å². The van der Waals surface area contributed by atoms with Crippen LogP contribution in [-0.4, -0.2) is 16.5 Å². The molecule has 0 aromatic rings. The summed E-state index contributed by atoms with van der Waals surface area (Å²) in [6, 6.07) is 0. The highest BCUT2D eigenvalue weighted by Crippen LogP contribution is 2.47. The highest BCUT2D eigenvalue weighted by atomic mass is 35.5. The molecule has 3 heteroatoms. The summed E-state index contributed by atoms with van der Waals surface area (Å²) in [5.41, 5.74) is 0.731. The van der Waals surface area contributed by atoms with Gasteiger partial charge in [-0.2, -0.15) is 0 Å². The summed E-state index contributed by atoms with van der Waals surface area (Å²) in [5, 5.41) is 8.64. The fourth-order valence-electron chi connectivity index (χ4n) is 3.81. The number of rotatable bonds is 9. The smallest absolute Gasteiger partial charge is 0.303 e. The number of halogens is 1. The molecule has 1 N–H and O–H groups in total. The number of carboxylic acids is 1. The standard InChI is InChI=1S/C15H25Cl.C7H12O2/c1-2-15(10-5-11-15)9-4-3-6-13-7-8-14(16)12-13;1-2-3-4-5-6-7(8)9/h3,6,13-14H,2,4-5,7-12H2,1H3;2-3H,4-6H2,1H3,(H,8,9)/b6-3+;3-2-/t13-,14+;/m0./s1. The Labute approximate surface area is 159 Å². The molecule has 2 atom stereocenters. The first kappa shape index (κ1) is 22.3. The second-order valence-corrected chi connectivity index (χ2v) is 8.32. The van der Waals surface area contributed by atoms with E-state index >= 15 is 0 Å². The molecule has 0 aliphatic heterocycles. The van der Waals surface area contributed by atoms with Gasteiger partial charge in [-0.1, -0.05) is 44.1 Å². The number of alkyl halides is 1. The molecule has 0 unspecified atom stereocenters. The quantitative estimate of drug-likeness (QED) is 0.267. The molecule has 0 saturated heterocycles. The lowest BCUT2D eigenvalue weighted by Crippen LogP contribution is -2.28. The molecule has 0 amide bonds. The van der Waals surface area contributed by atoms with Gasteiger partial charge in [0.1, 0.15) is 0 Å². The number of hydrogen-bond acceptors (Lipinski definition) is 1. The first-order valence-electron chi connectivity index (χ1n) is 10.1. The number of hydrogen-bond donors (Lipinski definition) is 1. The van der Waals surface area contributed by atoms with Crippen molar-refractivity contribution in [2.75, 3.05) is 0 Å². The van der Waals surface area contributed by atoms with Crippen LogP contribution in [0.5, 0.6) is 0 Å². The zero-order valence-corrected chi connectivity index (χ0v) is 16.9. The molecule has 25 heavy (non-hydrogen) atoms. The lowest BCUT2D eigenvalue weighted by Gasteiger charge is -2.41. The summed E-state index contributed by atoms with van der Waals surface area (Å²) in [4.78, 5) is 9.94. The maximum atomic E-state index is 9.94. The van der Waals surface area contributed by atoms with Crippen LogP contribution in [0.15, 0.2) is 24.3 Å². The van der Waals surface area contributed by atoms with Crippen LogP contribution >= 0.6 is 11.6 Å². The maximum absolute atomic E-state index is 9.94. The topological polar surface area (TPSA) is 37.3 Å². The van der Waals surface area contributed by atoms with Gasteiger partial charge in [0.2, 0.25) is 0 Å². The minimum absolute atomic E-state index is 0.282. The summed E-state index contributed by atoms with van der Waals surface area (Å²) in [5.74, 6) is 0.0703. The Hall–Kier alpha value is -0.760. The van der Waals surface area contributed by atoms with E-state index in [1.807, 2.05) is 19.1 Å². The van der Waals surface area contributed by atoms with Crippen molar-refractivity contribution in [1.29, 1.82) is 0 Å². The Morgan fingerprint density at radius 1 is 1.24 bits per heavy atom. The van der Waals surface area contributed by atoms with Crippen LogP contribution in [0.2, 0.25) is 0 Å². The zero-order valence-electron chi connectivity index (χ0n) is 16.2. The molecule has 2 rings (SSSR count). The Bertz CT molecular complexity index is 418. The van der Waals surface area contributed by atoms with Gasteiger partial charge in [-0.05, 0) is 76.0 Å². The van der Waals surface area contributed by atoms with Crippen LogP contribution in [-0.2, 0) is 4.79 Å². The van der Waals surface area contributed by atoms with E-state index in [1.54, 1.807) is 0 Å². The number of carboxylic acid groups (broad SMARTS) is 1. The molecule has 2 aliphatic carbocycles. The van der Waals surface area contributed by atoms with E-state index < -0.39 is 5.97 Å². The average molecular weight is 369 g/mol. The minimum Gasteiger partial charge on any atom is -0.481 e. The Kier molecular flexibility index (Phi) is 11.2. The largest absolute Gasteiger partial charge is 0.481 e. The first-order valence-corrected chi connectivity index (χ1v) is 10.6. The van der Waals surface area contributed by atoms with Crippen LogP contribution in [0, 0.1) is 11.3 Å². The van der Waals surface area contributed by atoms with Crippen LogP contribution in [0.1, 0.15) is 90.9 Å². The molecule has 0 bridgehead atoms. The molecule has 2 saturated carbocycles. The molecular formula is C22H37ClO2. The van der Waals surface area contributed by atoms with Crippen LogP contribution in [0.3, 0.4) is 0 Å². The molecule has 2 aliphatic rings. The van der Waals surface area contributed by atoms with Gasteiger partial charge >= 0.3 is 5.97 Å². The fraction of sp³-hybridized carbons (Fsp3) is 0.773. The van der Waals surface area contributed by atoms with Crippen molar-refractivity contribution in [3.05, 3.63) is 24.3 Å². The van der Waals surface area contributed by atoms with Crippen LogP contribution < -0.4 is 0 Å². The molecule has 144 valence electrons. The molecule has 0 heterocycles. The Balaban J connectivity index is 0.000000299. The lowest BCUT2D eigenvalue weighted by molar-refractivity contribution is -0.137. The normalized spacial score (nSPS) is 24.9. The fourth-order valence-corrected chi connectivity index (χ4v) is 4.16. The number of unbranched alkanes of at least 4 members (excludes halogenated alkanes) is 1. The predicted molar refractivity (Wildman–Crippen MR) is 108 cm³/mol. The molecule has 0 radical (unpaired) electrons. The Morgan fingerprint density at radius 3 is 2.48 bits per heavy atom. The van der Waals surface area contributed by atoms with Gasteiger partial charge in [0.15, 0.2) is 0 Å². The van der Waals surface area contributed by atoms with E-state index in [1.165, 1.54) is 57.8 Å². The van der Waals surface area contributed by atoms with Gasteiger partial charge in [-0.15, -0.1) is 11.6 Å². The van der Waals surface area contributed by atoms with Gasteiger partial charge in [0.05, 0.1) is 0 Å². The highest BCUT2D eigenvalue weighted by Gasteiger charge is 2.33. The Morgan fingerprint density at radius 2 is 2.00 bits per heavy atom. The van der Waals surface area contributed by atoms with Crippen molar-refractivity contribution in [2.24, 2.45) is 11.3 Å². The van der Waals surface area contributed by atoms with Crippen molar-refractivity contribution >= 4 is 17.6 Å². The van der Waals surface area contributed by atoms with Crippen LogP contribution in [0.4, 0.5) is 0 Å². The summed E-state index contributed by atoms with van der Waals surface area (Å²) in [7, 11) is 0. The molecule has 0 aromatic carbocycles. The molecule has 0 aromatic heterocycles. The van der Waals surface area contributed by atoms with Crippen molar-refractivity contribution in [3.8, 4) is 0 Å². The minimum atomic E-state index is -0.709. The van der Waals surface area contributed by atoms with Crippen molar-refractivity contribution < 1.29 is 9.90 Å². The SMILES string of the molecule is C/C=C\CCCC(=O)O.CCC1(CC/C=C/[C@H]2CC[C@@H](Cl)C2)CCC1. The zero-order chi connectivity index (χ0) is 18.5. The van der Waals surface area contributed by atoms with E-state index in [4.69, 9.17) is 16.7 Å². The summed E-state index contributed by atoms with van der Waals surface area (Å²) < 4.78 is 0. The summed E-state index contributed by atoms with van der Waals surface area (Å²) in [6.07, 6.45) is 22.9. The first-order chi connectivity index (χ1) is 12.0. The van der Waals surface area contributed by atoms with Crippen LogP contribution in [0.25, 0.3) is 0 Å². The number of aliphatic carboxylic acids is 1. The number of allylic oxidation sites excluding steroid dienone is 4. The number of carbonyl (C=O) groups is 1. The van der Waals surface area contributed by atoms with E-state index in [9.17, 15) is 4.79 Å². The molecular weight excluding hydrogens is 332 g/mol. The van der Waals surface area contributed by atoms with Crippen molar-refractivity contribution in [3.63, 3.8) is 0 Å². The third kappa shape index (κ3) is 9.49. The van der Waals surface area contributed by atoms with Gasteiger partial charge in [0, 0.05) is 11.8 Å². The van der Waals surface area contributed by atoms with Gasteiger partial charge in [0.25, 0.3) is 0 Å². The molecule has 2 nitrogen and oxygen atoms in total. The van der Waals surface area contributed by atoms with Gasteiger partial charge < -0.3 is 5.11 Å². The predicted octanol–water partition coefficient (Wildman–Crippen LogP) is 7.13. The monoisotopic (exact) mass is 368 g/mol. The van der Waals surface area contributed by atoms with E-state index in [-0.39, 0.29) is 6.42 Å². The van der Waals surface area contributed by atoms with Crippen molar-refractivity contribution in [1.82, 2.24) is 0 Å².